The van der Waals surface area contributed by atoms with Gasteiger partial charge in [-0.2, -0.15) is 0 Å². The summed E-state index contributed by atoms with van der Waals surface area (Å²) in [4.78, 5) is 15.2. The SMILES string of the molecule is CC(C)Oc1cccc(C2CNC(=O)O2)n1. The monoisotopic (exact) mass is 222 g/mol. The first-order valence-corrected chi connectivity index (χ1v) is 5.23. The lowest BCUT2D eigenvalue weighted by atomic mass is 10.2. The standard InChI is InChI=1S/C11H14N2O3/c1-7(2)15-10-5-3-4-8(13-10)9-6-12-11(14)16-9/h3-5,7,9H,6H2,1-2H3,(H,12,14). The average molecular weight is 222 g/mol. The molecule has 1 aliphatic rings. The zero-order chi connectivity index (χ0) is 11.5. The van der Waals surface area contributed by atoms with Crippen molar-refractivity contribution in [3.05, 3.63) is 23.9 Å². The molecule has 0 spiro atoms. The summed E-state index contributed by atoms with van der Waals surface area (Å²) in [5.41, 5.74) is 0.705. The Morgan fingerprint density at radius 2 is 2.38 bits per heavy atom. The zero-order valence-corrected chi connectivity index (χ0v) is 9.27. The van der Waals surface area contributed by atoms with E-state index in [1.165, 1.54) is 0 Å². The fourth-order valence-corrected chi connectivity index (χ4v) is 1.47. The second-order valence-electron chi connectivity index (χ2n) is 3.84. The summed E-state index contributed by atoms with van der Waals surface area (Å²) in [5.74, 6) is 0.551. The van der Waals surface area contributed by atoms with Gasteiger partial charge in [0.2, 0.25) is 5.88 Å². The van der Waals surface area contributed by atoms with Crippen LogP contribution in [0.3, 0.4) is 0 Å². The smallest absolute Gasteiger partial charge is 0.408 e. The number of nitrogens with zero attached hydrogens (tertiary/aromatic N) is 1. The molecule has 1 aromatic heterocycles. The number of ether oxygens (including phenoxy) is 2. The first-order valence-electron chi connectivity index (χ1n) is 5.23. The lowest BCUT2D eigenvalue weighted by Gasteiger charge is -2.11. The number of amides is 1. The van der Waals surface area contributed by atoms with Crippen molar-refractivity contribution >= 4 is 6.09 Å². The Morgan fingerprint density at radius 3 is 3.00 bits per heavy atom. The van der Waals surface area contributed by atoms with E-state index in [1.807, 2.05) is 26.0 Å². The van der Waals surface area contributed by atoms with Gasteiger partial charge in [0.05, 0.1) is 18.3 Å². The van der Waals surface area contributed by atoms with Crippen LogP contribution in [0.1, 0.15) is 25.6 Å². The summed E-state index contributed by atoms with van der Waals surface area (Å²) >= 11 is 0. The van der Waals surface area contributed by atoms with Crippen molar-refractivity contribution in [3.8, 4) is 5.88 Å². The van der Waals surface area contributed by atoms with Crippen LogP contribution < -0.4 is 10.1 Å². The maximum Gasteiger partial charge on any atom is 0.408 e. The van der Waals surface area contributed by atoms with Crippen LogP contribution in [0.4, 0.5) is 4.79 Å². The van der Waals surface area contributed by atoms with Crippen molar-refractivity contribution in [3.63, 3.8) is 0 Å². The van der Waals surface area contributed by atoms with E-state index in [0.717, 1.165) is 0 Å². The van der Waals surface area contributed by atoms with Crippen LogP contribution in [0.5, 0.6) is 5.88 Å². The second kappa shape index (κ2) is 4.38. The van der Waals surface area contributed by atoms with Crippen LogP contribution in [0.2, 0.25) is 0 Å². The van der Waals surface area contributed by atoms with E-state index in [-0.39, 0.29) is 12.2 Å². The van der Waals surface area contributed by atoms with Crippen LogP contribution >= 0.6 is 0 Å². The predicted molar refractivity (Wildman–Crippen MR) is 57.2 cm³/mol. The Labute approximate surface area is 93.8 Å². The van der Waals surface area contributed by atoms with Crippen LogP contribution in [0.15, 0.2) is 18.2 Å². The minimum absolute atomic E-state index is 0.0759. The van der Waals surface area contributed by atoms with E-state index in [4.69, 9.17) is 9.47 Å². The molecule has 1 aromatic rings. The van der Waals surface area contributed by atoms with Crippen molar-refractivity contribution in [2.75, 3.05) is 6.54 Å². The number of cyclic esters (lactones) is 1. The fourth-order valence-electron chi connectivity index (χ4n) is 1.47. The van der Waals surface area contributed by atoms with Crippen molar-refractivity contribution < 1.29 is 14.3 Å². The number of carbonyl (C=O) groups is 1. The molecule has 1 unspecified atom stereocenters. The van der Waals surface area contributed by atoms with Gasteiger partial charge >= 0.3 is 6.09 Å². The highest BCUT2D eigenvalue weighted by Gasteiger charge is 2.25. The van der Waals surface area contributed by atoms with Gasteiger partial charge in [-0.1, -0.05) is 6.07 Å². The number of hydrogen-bond acceptors (Lipinski definition) is 4. The van der Waals surface area contributed by atoms with E-state index < -0.39 is 6.09 Å². The molecule has 0 aliphatic carbocycles. The van der Waals surface area contributed by atoms with Gasteiger partial charge in [-0.15, -0.1) is 0 Å². The molecule has 2 heterocycles. The quantitative estimate of drug-likeness (QED) is 0.844. The van der Waals surface area contributed by atoms with Crippen LogP contribution in [0.25, 0.3) is 0 Å². The molecule has 1 fully saturated rings. The van der Waals surface area contributed by atoms with E-state index >= 15 is 0 Å². The number of aromatic nitrogens is 1. The lowest BCUT2D eigenvalue weighted by Crippen LogP contribution is -2.13. The molecule has 0 bridgehead atoms. The largest absolute Gasteiger partial charge is 0.475 e. The minimum atomic E-state index is -0.401. The highest BCUT2D eigenvalue weighted by atomic mass is 16.6. The third kappa shape index (κ3) is 2.42. The number of pyridine rings is 1. The Bertz CT molecular complexity index is 393. The number of nitrogens with one attached hydrogen (secondary N) is 1. The number of hydrogen-bond donors (Lipinski definition) is 1. The van der Waals surface area contributed by atoms with Crippen molar-refractivity contribution in [1.29, 1.82) is 0 Å². The Kier molecular flexibility index (Phi) is 2.94. The lowest BCUT2D eigenvalue weighted by molar-refractivity contribution is 0.138. The minimum Gasteiger partial charge on any atom is -0.475 e. The Morgan fingerprint density at radius 1 is 1.56 bits per heavy atom. The summed E-state index contributed by atoms with van der Waals surface area (Å²) in [6, 6.07) is 5.44. The fraction of sp³-hybridized carbons (Fsp3) is 0.455. The Hall–Kier alpha value is -1.78. The number of carbonyl (C=O) groups excluding carboxylic acids is 1. The van der Waals surface area contributed by atoms with Gasteiger partial charge < -0.3 is 14.8 Å². The molecule has 0 radical (unpaired) electrons. The molecule has 16 heavy (non-hydrogen) atoms. The number of rotatable bonds is 3. The molecular formula is C11H14N2O3. The first kappa shape index (κ1) is 10.7. The molecular weight excluding hydrogens is 208 g/mol. The molecule has 2 rings (SSSR count). The molecule has 1 atom stereocenters. The van der Waals surface area contributed by atoms with Gasteiger partial charge in [-0.3, -0.25) is 0 Å². The summed E-state index contributed by atoms with van der Waals surface area (Å²) in [5, 5.41) is 2.59. The van der Waals surface area contributed by atoms with Gasteiger partial charge in [0, 0.05) is 6.07 Å². The van der Waals surface area contributed by atoms with Gasteiger partial charge in [0.25, 0.3) is 0 Å². The van der Waals surface area contributed by atoms with Gasteiger partial charge in [-0.25, -0.2) is 9.78 Å². The maximum atomic E-state index is 10.9. The summed E-state index contributed by atoms with van der Waals surface area (Å²) in [6.45, 7) is 4.33. The Balaban J connectivity index is 2.12. The van der Waals surface area contributed by atoms with E-state index in [1.54, 1.807) is 6.07 Å². The maximum absolute atomic E-state index is 10.9. The molecule has 86 valence electrons. The van der Waals surface area contributed by atoms with Crippen molar-refractivity contribution in [2.45, 2.75) is 26.1 Å². The molecule has 5 nitrogen and oxygen atoms in total. The third-order valence-corrected chi connectivity index (χ3v) is 2.11. The van der Waals surface area contributed by atoms with Crippen LogP contribution in [-0.4, -0.2) is 23.7 Å². The topological polar surface area (TPSA) is 60.5 Å². The molecule has 5 heteroatoms. The molecule has 1 N–H and O–H groups in total. The third-order valence-electron chi connectivity index (χ3n) is 2.11. The van der Waals surface area contributed by atoms with Crippen molar-refractivity contribution in [1.82, 2.24) is 10.3 Å². The van der Waals surface area contributed by atoms with E-state index in [0.29, 0.717) is 18.1 Å². The van der Waals surface area contributed by atoms with E-state index in [9.17, 15) is 4.79 Å². The molecule has 1 saturated heterocycles. The van der Waals surface area contributed by atoms with Crippen LogP contribution in [-0.2, 0) is 4.74 Å². The van der Waals surface area contributed by atoms with E-state index in [2.05, 4.69) is 10.3 Å². The van der Waals surface area contributed by atoms with Crippen LogP contribution in [0, 0.1) is 0 Å². The molecule has 1 aliphatic heterocycles. The van der Waals surface area contributed by atoms with Crippen molar-refractivity contribution in [2.24, 2.45) is 0 Å². The highest BCUT2D eigenvalue weighted by molar-refractivity contribution is 5.69. The number of alkyl carbamates (subject to hydrolysis) is 1. The summed E-state index contributed by atoms with van der Waals surface area (Å²) in [7, 11) is 0. The summed E-state index contributed by atoms with van der Waals surface area (Å²) < 4.78 is 10.5. The normalized spacial score (nSPS) is 19.4. The van der Waals surface area contributed by atoms with Gasteiger partial charge in [0.1, 0.15) is 0 Å². The first-order chi connectivity index (χ1) is 7.65. The molecule has 1 amide bonds. The zero-order valence-electron chi connectivity index (χ0n) is 9.27. The second-order valence-corrected chi connectivity index (χ2v) is 3.84. The van der Waals surface area contributed by atoms with Gasteiger partial charge in [-0.05, 0) is 19.9 Å². The average Bonchev–Trinajstić information content (AvgIpc) is 2.64. The molecule has 0 aromatic carbocycles. The van der Waals surface area contributed by atoms with Gasteiger partial charge in [0.15, 0.2) is 6.10 Å². The summed E-state index contributed by atoms with van der Waals surface area (Å²) in [6.07, 6.45) is -0.641. The highest BCUT2D eigenvalue weighted by Crippen LogP contribution is 2.21. The molecule has 0 saturated carbocycles. The predicted octanol–water partition coefficient (Wildman–Crippen LogP) is 1.65.